The van der Waals surface area contributed by atoms with Gasteiger partial charge in [-0.1, -0.05) is 0 Å². The van der Waals surface area contributed by atoms with Crippen LogP contribution in [0.5, 0.6) is 0 Å². The highest BCUT2D eigenvalue weighted by Gasteiger charge is 2.31. The van der Waals surface area contributed by atoms with Crippen molar-refractivity contribution in [3.05, 3.63) is 22.4 Å². The number of hydrogen-bond donors (Lipinski definition) is 2. The van der Waals surface area contributed by atoms with E-state index in [2.05, 4.69) is 5.32 Å². The molecule has 17 heavy (non-hydrogen) atoms. The van der Waals surface area contributed by atoms with Crippen LogP contribution in [-0.2, 0) is 16.0 Å². The highest BCUT2D eigenvalue weighted by Crippen LogP contribution is 2.11. The van der Waals surface area contributed by atoms with Crippen LogP contribution in [0.15, 0.2) is 16.8 Å². The van der Waals surface area contributed by atoms with E-state index in [-0.39, 0.29) is 12.3 Å². The molecular weight excluding hydrogens is 240 g/mol. The Morgan fingerprint density at radius 2 is 2.41 bits per heavy atom. The minimum absolute atomic E-state index is 0.114. The molecule has 1 aromatic rings. The summed E-state index contributed by atoms with van der Waals surface area (Å²) in [5, 5.41) is 15.9. The number of carbonyl (C=O) groups excluding carboxylic acids is 1. The number of aliphatic carboxylic acids is 1. The number of nitrogens with zero attached hydrogens (tertiary/aromatic N) is 1. The largest absolute Gasteiger partial charge is 0.480 e. The molecule has 1 saturated heterocycles. The van der Waals surface area contributed by atoms with E-state index in [0.717, 1.165) is 5.56 Å². The Kier molecular flexibility index (Phi) is 3.75. The van der Waals surface area contributed by atoms with Crippen molar-refractivity contribution in [3.8, 4) is 0 Å². The molecule has 1 aromatic heterocycles. The summed E-state index contributed by atoms with van der Waals surface area (Å²) in [6.07, 6.45) is 0.285. The maximum atomic E-state index is 12.0. The average molecular weight is 254 g/mol. The number of carbonyl (C=O) groups is 2. The lowest BCUT2D eigenvalue weighted by atomic mass is 10.1. The monoisotopic (exact) mass is 254 g/mol. The lowest BCUT2D eigenvalue weighted by Crippen LogP contribution is -2.57. The summed E-state index contributed by atoms with van der Waals surface area (Å²) in [7, 11) is 0. The second-order valence-electron chi connectivity index (χ2n) is 3.95. The number of amides is 1. The molecule has 6 heteroatoms. The number of hydrogen-bond acceptors (Lipinski definition) is 4. The Balaban J connectivity index is 2.03. The van der Waals surface area contributed by atoms with Gasteiger partial charge in [0.1, 0.15) is 6.04 Å². The molecule has 2 rings (SSSR count). The molecule has 0 aromatic carbocycles. The molecule has 1 aliphatic heterocycles. The first-order valence-electron chi connectivity index (χ1n) is 5.42. The summed E-state index contributed by atoms with van der Waals surface area (Å²) in [6, 6.07) is 1.15. The maximum Gasteiger partial charge on any atom is 0.327 e. The van der Waals surface area contributed by atoms with Gasteiger partial charge in [0.15, 0.2) is 0 Å². The van der Waals surface area contributed by atoms with E-state index >= 15 is 0 Å². The zero-order valence-corrected chi connectivity index (χ0v) is 10.1. The van der Waals surface area contributed by atoms with E-state index in [1.54, 1.807) is 0 Å². The van der Waals surface area contributed by atoms with Crippen molar-refractivity contribution in [2.75, 3.05) is 19.6 Å². The Bertz CT molecular complexity index is 405. The van der Waals surface area contributed by atoms with Crippen LogP contribution < -0.4 is 5.32 Å². The van der Waals surface area contributed by atoms with Crippen LogP contribution in [0.1, 0.15) is 5.56 Å². The number of piperazine rings is 1. The van der Waals surface area contributed by atoms with Gasteiger partial charge in [-0.05, 0) is 22.4 Å². The van der Waals surface area contributed by atoms with Gasteiger partial charge in [0, 0.05) is 19.6 Å². The fraction of sp³-hybridized carbons (Fsp3) is 0.455. The van der Waals surface area contributed by atoms with Gasteiger partial charge in [0.2, 0.25) is 5.91 Å². The first kappa shape index (κ1) is 12.1. The Labute approximate surface area is 103 Å². The topological polar surface area (TPSA) is 69.6 Å². The van der Waals surface area contributed by atoms with Crippen LogP contribution in [0.4, 0.5) is 0 Å². The number of nitrogens with one attached hydrogen (secondary N) is 1. The standard InChI is InChI=1S/C11H14N2O3S/c14-10(5-8-1-4-17-7-8)13-3-2-12-6-9(13)11(15)16/h1,4,7,9,12H,2-3,5-6H2,(H,15,16)/t9-/m1/s1. The minimum Gasteiger partial charge on any atom is -0.480 e. The third-order valence-electron chi connectivity index (χ3n) is 2.78. The van der Waals surface area contributed by atoms with Gasteiger partial charge in [0.25, 0.3) is 0 Å². The fourth-order valence-corrected chi connectivity index (χ4v) is 2.56. The molecular formula is C11H14N2O3S. The zero-order valence-electron chi connectivity index (χ0n) is 9.26. The van der Waals surface area contributed by atoms with Crippen LogP contribution in [0.2, 0.25) is 0 Å². The Morgan fingerprint density at radius 1 is 1.59 bits per heavy atom. The van der Waals surface area contributed by atoms with Crippen molar-refractivity contribution >= 4 is 23.2 Å². The second kappa shape index (κ2) is 5.29. The first-order valence-corrected chi connectivity index (χ1v) is 6.37. The van der Waals surface area contributed by atoms with E-state index < -0.39 is 12.0 Å². The smallest absolute Gasteiger partial charge is 0.327 e. The van der Waals surface area contributed by atoms with Gasteiger partial charge in [-0.15, -0.1) is 0 Å². The molecule has 1 aliphatic rings. The number of rotatable bonds is 3. The molecule has 0 unspecified atom stereocenters. The van der Waals surface area contributed by atoms with Gasteiger partial charge in [-0.2, -0.15) is 11.3 Å². The molecule has 2 heterocycles. The van der Waals surface area contributed by atoms with Gasteiger partial charge in [-0.25, -0.2) is 4.79 Å². The van der Waals surface area contributed by atoms with E-state index in [4.69, 9.17) is 5.11 Å². The summed E-state index contributed by atoms with van der Waals surface area (Å²) in [5.41, 5.74) is 0.947. The van der Waals surface area contributed by atoms with E-state index in [1.165, 1.54) is 16.2 Å². The van der Waals surface area contributed by atoms with Crippen LogP contribution in [0, 0.1) is 0 Å². The summed E-state index contributed by atoms with van der Waals surface area (Å²) in [4.78, 5) is 24.5. The molecule has 1 atom stereocenters. The van der Waals surface area contributed by atoms with Crippen LogP contribution in [0.25, 0.3) is 0 Å². The van der Waals surface area contributed by atoms with Gasteiger partial charge in [-0.3, -0.25) is 4.79 Å². The molecule has 0 bridgehead atoms. The molecule has 1 fully saturated rings. The summed E-state index contributed by atoms with van der Waals surface area (Å²) in [5.74, 6) is -1.06. The molecule has 5 nitrogen and oxygen atoms in total. The number of carboxylic acids is 1. The minimum atomic E-state index is -0.948. The summed E-state index contributed by atoms with van der Waals surface area (Å²) >= 11 is 1.54. The molecule has 0 saturated carbocycles. The molecule has 2 N–H and O–H groups in total. The lowest BCUT2D eigenvalue weighted by molar-refractivity contribution is -0.150. The molecule has 1 amide bonds. The quantitative estimate of drug-likeness (QED) is 0.807. The Morgan fingerprint density at radius 3 is 3.06 bits per heavy atom. The normalized spacial score (nSPS) is 20.2. The zero-order chi connectivity index (χ0) is 12.3. The highest BCUT2D eigenvalue weighted by molar-refractivity contribution is 7.07. The van der Waals surface area contributed by atoms with Crippen molar-refractivity contribution in [2.24, 2.45) is 0 Å². The van der Waals surface area contributed by atoms with E-state index in [0.29, 0.717) is 19.6 Å². The predicted molar refractivity (Wildman–Crippen MR) is 64.0 cm³/mol. The maximum absolute atomic E-state index is 12.0. The highest BCUT2D eigenvalue weighted by atomic mass is 32.1. The van der Waals surface area contributed by atoms with Crippen molar-refractivity contribution in [3.63, 3.8) is 0 Å². The predicted octanol–water partition coefficient (Wildman–Crippen LogP) is 0.176. The van der Waals surface area contributed by atoms with Gasteiger partial charge in [0.05, 0.1) is 6.42 Å². The summed E-state index contributed by atoms with van der Waals surface area (Å²) in [6.45, 7) is 1.43. The van der Waals surface area contributed by atoms with E-state index in [1.807, 2.05) is 16.8 Å². The third-order valence-corrected chi connectivity index (χ3v) is 3.52. The van der Waals surface area contributed by atoms with E-state index in [9.17, 15) is 9.59 Å². The average Bonchev–Trinajstić information content (AvgIpc) is 2.81. The van der Waals surface area contributed by atoms with Crippen LogP contribution in [0.3, 0.4) is 0 Å². The SMILES string of the molecule is O=C(O)[C@H]1CNCCN1C(=O)Cc1ccsc1. The number of thiophene rings is 1. The molecule has 0 aliphatic carbocycles. The van der Waals surface area contributed by atoms with Gasteiger partial charge < -0.3 is 15.3 Å². The van der Waals surface area contributed by atoms with Crippen molar-refractivity contribution in [1.29, 1.82) is 0 Å². The fourth-order valence-electron chi connectivity index (χ4n) is 1.89. The molecule has 0 spiro atoms. The van der Waals surface area contributed by atoms with Crippen LogP contribution >= 0.6 is 11.3 Å². The summed E-state index contributed by atoms with van der Waals surface area (Å²) < 4.78 is 0. The lowest BCUT2D eigenvalue weighted by Gasteiger charge is -2.33. The second-order valence-corrected chi connectivity index (χ2v) is 4.73. The van der Waals surface area contributed by atoms with Crippen molar-refractivity contribution < 1.29 is 14.7 Å². The first-order chi connectivity index (χ1) is 8.18. The number of carboxylic acid groups (broad SMARTS) is 1. The van der Waals surface area contributed by atoms with Crippen molar-refractivity contribution in [1.82, 2.24) is 10.2 Å². The molecule has 92 valence electrons. The van der Waals surface area contributed by atoms with Gasteiger partial charge >= 0.3 is 5.97 Å². The van der Waals surface area contributed by atoms with Crippen molar-refractivity contribution in [2.45, 2.75) is 12.5 Å². The van der Waals surface area contributed by atoms with Crippen LogP contribution in [-0.4, -0.2) is 47.6 Å². The third kappa shape index (κ3) is 2.83. The Hall–Kier alpha value is -1.40. The molecule has 0 radical (unpaired) electrons.